The summed E-state index contributed by atoms with van der Waals surface area (Å²) in [5.74, 6) is 5.97. The molecule has 0 aliphatic heterocycles. The zero-order chi connectivity index (χ0) is 11.4. The molecule has 4 heteroatoms. The van der Waals surface area contributed by atoms with Crippen LogP contribution in [0, 0.1) is 0 Å². The topological polar surface area (TPSA) is 29.3 Å². The lowest BCUT2D eigenvalue weighted by atomic mass is 10.2. The minimum absolute atomic E-state index is 0. The fourth-order valence-corrected chi connectivity index (χ4v) is 1.76. The Labute approximate surface area is 112 Å². The molecule has 0 radical (unpaired) electrons. The number of nitrogens with zero attached hydrogens (tertiary/aromatic N) is 1. The molecule has 0 fully saturated rings. The summed E-state index contributed by atoms with van der Waals surface area (Å²) in [6.07, 6.45) is 0. The summed E-state index contributed by atoms with van der Waals surface area (Å²) in [5, 5.41) is 2.44. The molecule has 0 aromatic heterocycles. The number of nitrogens with two attached hydrogens (primary N) is 1. The van der Waals surface area contributed by atoms with Crippen LogP contribution in [0.4, 0.5) is 5.69 Å². The van der Waals surface area contributed by atoms with Gasteiger partial charge in [0, 0.05) is 5.02 Å². The van der Waals surface area contributed by atoms with Crippen LogP contribution in [0.1, 0.15) is 5.56 Å². The van der Waals surface area contributed by atoms with Crippen LogP contribution in [-0.4, -0.2) is 0 Å². The van der Waals surface area contributed by atoms with Gasteiger partial charge in [0.05, 0.1) is 12.2 Å². The highest BCUT2D eigenvalue weighted by Crippen LogP contribution is 2.15. The number of benzene rings is 2. The van der Waals surface area contributed by atoms with Gasteiger partial charge < -0.3 is 5.01 Å². The summed E-state index contributed by atoms with van der Waals surface area (Å²) in [6, 6.07) is 17.6. The summed E-state index contributed by atoms with van der Waals surface area (Å²) in [6.45, 7) is 0.643. The molecule has 2 aromatic carbocycles. The van der Waals surface area contributed by atoms with Crippen molar-refractivity contribution >= 4 is 29.7 Å². The van der Waals surface area contributed by atoms with Crippen molar-refractivity contribution in [3.05, 3.63) is 65.2 Å². The number of halogens is 2. The molecule has 0 aliphatic carbocycles. The second-order valence-corrected chi connectivity index (χ2v) is 4.03. The van der Waals surface area contributed by atoms with Gasteiger partial charge in [-0.15, -0.1) is 12.4 Å². The molecule has 0 amide bonds. The van der Waals surface area contributed by atoms with E-state index in [0.717, 1.165) is 16.3 Å². The highest BCUT2D eigenvalue weighted by molar-refractivity contribution is 6.30. The molecule has 0 spiro atoms. The minimum atomic E-state index is 0. The van der Waals surface area contributed by atoms with Gasteiger partial charge >= 0.3 is 0 Å². The summed E-state index contributed by atoms with van der Waals surface area (Å²) in [4.78, 5) is 0. The van der Waals surface area contributed by atoms with Gasteiger partial charge in [-0.1, -0.05) is 41.9 Å². The number of rotatable bonds is 3. The maximum Gasteiger partial charge on any atom is 0.0593 e. The van der Waals surface area contributed by atoms with E-state index in [1.807, 2.05) is 54.6 Å². The van der Waals surface area contributed by atoms with Crippen molar-refractivity contribution in [2.45, 2.75) is 6.54 Å². The fraction of sp³-hybridized carbons (Fsp3) is 0.0769. The van der Waals surface area contributed by atoms with Gasteiger partial charge in [0.15, 0.2) is 0 Å². The summed E-state index contributed by atoms with van der Waals surface area (Å²) < 4.78 is 0. The van der Waals surface area contributed by atoms with E-state index >= 15 is 0 Å². The lowest BCUT2D eigenvalue weighted by Gasteiger charge is -2.18. The largest absolute Gasteiger partial charge is 0.307 e. The Morgan fingerprint density at radius 3 is 2.35 bits per heavy atom. The van der Waals surface area contributed by atoms with Crippen LogP contribution in [0.2, 0.25) is 5.02 Å². The molecule has 0 aliphatic rings. The Morgan fingerprint density at radius 1 is 1.00 bits per heavy atom. The number of hydrogen-bond donors (Lipinski definition) is 1. The average molecular weight is 269 g/mol. The van der Waals surface area contributed by atoms with Crippen molar-refractivity contribution in [2.75, 3.05) is 5.01 Å². The molecule has 2 aromatic rings. The maximum atomic E-state index is 5.97. The third kappa shape index (κ3) is 3.93. The van der Waals surface area contributed by atoms with Crippen LogP contribution in [0.25, 0.3) is 0 Å². The van der Waals surface area contributed by atoms with Crippen molar-refractivity contribution in [3.63, 3.8) is 0 Å². The van der Waals surface area contributed by atoms with E-state index in [1.165, 1.54) is 0 Å². The van der Waals surface area contributed by atoms with Crippen LogP contribution in [-0.2, 0) is 6.54 Å². The van der Waals surface area contributed by atoms with E-state index in [-0.39, 0.29) is 12.4 Å². The fourth-order valence-electron chi connectivity index (χ4n) is 1.54. The molecule has 2 N–H and O–H groups in total. The Kier molecular flexibility index (Phi) is 5.29. The summed E-state index contributed by atoms with van der Waals surface area (Å²) >= 11 is 5.91. The number of para-hydroxylation sites is 1. The van der Waals surface area contributed by atoms with Gasteiger partial charge in [-0.05, 0) is 29.8 Å². The summed E-state index contributed by atoms with van der Waals surface area (Å²) in [5.41, 5.74) is 2.08. The molecule has 2 rings (SSSR count). The van der Waals surface area contributed by atoms with Gasteiger partial charge in [-0.2, -0.15) is 0 Å². The number of anilines is 1. The third-order valence-corrected chi connectivity index (χ3v) is 2.56. The van der Waals surface area contributed by atoms with E-state index < -0.39 is 0 Å². The molecule has 0 heterocycles. The van der Waals surface area contributed by atoms with Crippen LogP contribution < -0.4 is 10.9 Å². The van der Waals surface area contributed by atoms with E-state index in [0.29, 0.717) is 6.54 Å². The van der Waals surface area contributed by atoms with Gasteiger partial charge in [0.25, 0.3) is 0 Å². The second kappa shape index (κ2) is 6.50. The molecule has 0 bridgehead atoms. The molecule has 0 atom stereocenters. The van der Waals surface area contributed by atoms with Crippen molar-refractivity contribution in [2.24, 2.45) is 5.84 Å². The van der Waals surface area contributed by atoms with Crippen LogP contribution in [0.15, 0.2) is 54.6 Å². The average Bonchev–Trinajstić information content (AvgIpc) is 2.30. The smallest absolute Gasteiger partial charge is 0.0593 e. The van der Waals surface area contributed by atoms with Crippen LogP contribution >= 0.6 is 24.0 Å². The van der Waals surface area contributed by atoms with Crippen molar-refractivity contribution in [1.29, 1.82) is 0 Å². The molecular formula is C13H14Cl2N2. The quantitative estimate of drug-likeness (QED) is 0.680. The molecule has 0 unspecified atom stereocenters. The number of hydrogen-bond acceptors (Lipinski definition) is 2. The predicted octanol–water partition coefficient (Wildman–Crippen LogP) is 3.64. The lowest BCUT2D eigenvalue weighted by molar-refractivity contribution is 0.853. The van der Waals surface area contributed by atoms with Gasteiger partial charge in [-0.25, -0.2) is 5.84 Å². The zero-order valence-corrected chi connectivity index (χ0v) is 10.8. The molecular weight excluding hydrogens is 255 g/mol. The van der Waals surface area contributed by atoms with E-state index in [2.05, 4.69) is 0 Å². The van der Waals surface area contributed by atoms with Gasteiger partial charge in [0.1, 0.15) is 0 Å². The first-order valence-corrected chi connectivity index (χ1v) is 5.45. The monoisotopic (exact) mass is 268 g/mol. The van der Waals surface area contributed by atoms with Crippen LogP contribution in [0.5, 0.6) is 0 Å². The molecule has 17 heavy (non-hydrogen) atoms. The van der Waals surface area contributed by atoms with Crippen LogP contribution in [0.3, 0.4) is 0 Å². The highest BCUT2D eigenvalue weighted by Gasteiger charge is 2.02. The Balaban J connectivity index is 0.00000144. The maximum absolute atomic E-state index is 5.97. The van der Waals surface area contributed by atoms with Gasteiger partial charge in [0.2, 0.25) is 0 Å². The van der Waals surface area contributed by atoms with Crippen molar-refractivity contribution < 1.29 is 0 Å². The first kappa shape index (κ1) is 13.8. The van der Waals surface area contributed by atoms with E-state index in [1.54, 1.807) is 5.01 Å². The molecule has 0 saturated carbocycles. The Bertz CT molecular complexity index is 460. The third-order valence-electron chi connectivity index (χ3n) is 2.33. The minimum Gasteiger partial charge on any atom is -0.307 e. The lowest BCUT2D eigenvalue weighted by Crippen LogP contribution is -2.29. The predicted molar refractivity (Wildman–Crippen MR) is 75.5 cm³/mol. The van der Waals surface area contributed by atoms with E-state index in [9.17, 15) is 0 Å². The number of hydrazine groups is 1. The van der Waals surface area contributed by atoms with E-state index in [4.69, 9.17) is 17.4 Å². The van der Waals surface area contributed by atoms with Gasteiger partial charge in [-0.3, -0.25) is 0 Å². The first-order chi connectivity index (χ1) is 7.75. The standard InChI is InChI=1S/C13H13ClN2.ClH/c14-12-6-4-5-11(9-12)10-16(15)13-7-2-1-3-8-13;/h1-9H,10,15H2;1H. The second-order valence-electron chi connectivity index (χ2n) is 3.59. The molecule has 90 valence electrons. The van der Waals surface area contributed by atoms with Crippen molar-refractivity contribution in [3.8, 4) is 0 Å². The Hall–Kier alpha value is -1.22. The SMILES string of the molecule is Cl.NN(Cc1cccc(Cl)c1)c1ccccc1. The summed E-state index contributed by atoms with van der Waals surface area (Å²) in [7, 11) is 0. The molecule has 0 saturated heterocycles. The zero-order valence-electron chi connectivity index (χ0n) is 9.21. The normalized spacial score (nSPS) is 9.53. The highest BCUT2D eigenvalue weighted by atomic mass is 35.5. The van der Waals surface area contributed by atoms with Crippen molar-refractivity contribution in [1.82, 2.24) is 0 Å². The molecule has 2 nitrogen and oxygen atoms in total. The first-order valence-electron chi connectivity index (χ1n) is 5.07. The Morgan fingerprint density at radius 2 is 1.71 bits per heavy atom.